The van der Waals surface area contributed by atoms with Crippen LogP contribution in [-0.2, 0) is 11.2 Å². The van der Waals surface area contributed by atoms with Crippen LogP contribution in [0, 0.1) is 12.3 Å². The quantitative estimate of drug-likeness (QED) is 0.540. The standard InChI is InChI=1S/C13H14O2/c1-3-4-9-15-13-7-5-12(6-8-13)10-11(2)14/h1,5-8H,4,9-10H2,2H3. The predicted octanol–water partition coefficient (Wildman–Crippen LogP) is 2.22. The molecule has 1 aromatic carbocycles. The van der Waals surface area contributed by atoms with Crippen molar-refractivity contribution in [1.82, 2.24) is 0 Å². The van der Waals surface area contributed by atoms with Gasteiger partial charge in [-0.15, -0.1) is 12.3 Å². The van der Waals surface area contributed by atoms with Crippen molar-refractivity contribution in [3.8, 4) is 18.1 Å². The van der Waals surface area contributed by atoms with Crippen molar-refractivity contribution < 1.29 is 9.53 Å². The van der Waals surface area contributed by atoms with Crippen molar-refractivity contribution in [3.63, 3.8) is 0 Å². The Labute approximate surface area is 90.3 Å². The summed E-state index contributed by atoms with van der Waals surface area (Å²) in [5.74, 6) is 3.46. The summed E-state index contributed by atoms with van der Waals surface area (Å²) in [5, 5.41) is 0. The lowest BCUT2D eigenvalue weighted by molar-refractivity contribution is -0.116. The van der Waals surface area contributed by atoms with E-state index in [1.165, 1.54) is 0 Å². The van der Waals surface area contributed by atoms with Crippen LogP contribution in [0.2, 0.25) is 0 Å². The number of benzene rings is 1. The van der Waals surface area contributed by atoms with Gasteiger partial charge >= 0.3 is 0 Å². The molecule has 1 aromatic rings. The lowest BCUT2D eigenvalue weighted by Crippen LogP contribution is -1.98. The first-order valence-electron chi connectivity index (χ1n) is 4.87. The first-order chi connectivity index (χ1) is 7.22. The second-order valence-electron chi connectivity index (χ2n) is 3.33. The molecule has 0 unspecified atom stereocenters. The van der Waals surface area contributed by atoms with Crippen LogP contribution in [-0.4, -0.2) is 12.4 Å². The highest BCUT2D eigenvalue weighted by Gasteiger charge is 1.98. The number of terminal acetylenes is 1. The molecule has 2 heteroatoms. The highest BCUT2D eigenvalue weighted by Crippen LogP contribution is 2.12. The van der Waals surface area contributed by atoms with Crippen LogP contribution in [0.15, 0.2) is 24.3 Å². The molecular weight excluding hydrogens is 188 g/mol. The summed E-state index contributed by atoms with van der Waals surface area (Å²) in [7, 11) is 0. The summed E-state index contributed by atoms with van der Waals surface area (Å²) >= 11 is 0. The van der Waals surface area contributed by atoms with Gasteiger partial charge in [0, 0.05) is 12.8 Å². The molecule has 0 aliphatic carbocycles. The Bertz CT molecular complexity index is 357. The lowest BCUT2D eigenvalue weighted by atomic mass is 10.1. The van der Waals surface area contributed by atoms with Gasteiger partial charge in [-0.1, -0.05) is 12.1 Å². The molecule has 0 aliphatic rings. The number of hydrogen-bond acceptors (Lipinski definition) is 2. The van der Waals surface area contributed by atoms with Crippen molar-refractivity contribution in [2.45, 2.75) is 19.8 Å². The summed E-state index contributed by atoms with van der Waals surface area (Å²) < 4.78 is 5.38. The number of hydrogen-bond donors (Lipinski definition) is 0. The van der Waals surface area contributed by atoms with Gasteiger partial charge in [0.25, 0.3) is 0 Å². The van der Waals surface area contributed by atoms with Crippen molar-refractivity contribution in [2.75, 3.05) is 6.61 Å². The number of rotatable bonds is 5. The van der Waals surface area contributed by atoms with E-state index in [-0.39, 0.29) is 5.78 Å². The van der Waals surface area contributed by atoms with Crippen LogP contribution in [0.5, 0.6) is 5.75 Å². The number of carbonyl (C=O) groups excluding carboxylic acids is 1. The first kappa shape index (κ1) is 11.3. The fourth-order valence-electron chi connectivity index (χ4n) is 1.22. The minimum absolute atomic E-state index is 0.163. The third kappa shape index (κ3) is 4.33. The Kier molecular flexibility index (Phi) is 4.43. The maximum atomic E-state index is 10.9. The molecule has 0 aromatic heterocycles. The molecule has 0 fully saturated rings. The molecule has 0 saturated heterocycles. The van der Waals surface area contributed by atoms with Crippen LogP contribution >= 0.6 is 0 Å². The van der Waals surface area contributed by atoms with Crippen LogP contribution < -0.4 is 4.74 Å². The molecule has 1 rings (SSSR count). The SMILES string of the molecule is C#CCCOc1ccc(CC(C)=O)cc1. The summed E-state index contributed by atoms with van der Waals surface area (Å²) in [6.07, 6.45) is 6.19. The molecule has 15 heavy (non-hydrogen) atoms. The van der Waals surface area contributed by atoms with Crippen LogP contribution in [0.1, 0.15) is 18.9 Å². The molecule has 0 bridgehead atoms. The van der Waals surface area contributed by atoms with Gasteiger partial charge in [-0.25, -0.2) is 0 Å². The third-order valence-corrected chi connectivity index (χ3v) is 1.89. The molecule has 0 aliphatic heterocycles. The van der Waals surface area contributed by atoms with E-state index in [0.29, 0.717) is 19.4 Å². The molecule has 0 heterocycles. The van der Waals surface area contributed by atoms with E-state index >= 15 is 0 Å². The maximum Gasteiger partial charge on any atom is 0.134 e. The van der Waals surface area contributed by atoms with Crippen molar-refractivity contribution in [1.29, 1.82) is 0 Å². The zero-order chi connectivity index (χ0) is 11.1. The molecule has 78 valence electrons. The third-order valence-electron chi connectivity index (χ3n) is 1.89. The van der Waals surface area contributed by atoms with Crippen molar-refractivity contribution >= 4 is 5.78 Å². The summed E-state index contributed by atoms with van der Waals surface area (Å²) in [4.78, 5) is 10.9. The first-order valence-corrected chi connectivity index (χ1v) is 4.87. The molecular formula is C13H14O2. The zero-order valence-corrected chi connectivity index (χ0v) is 8.82. The van der Waals surface area contributed by atoms with E-state index in [4.69, 9.17) is 11.2 Å². The normalized spacial score (nSPS) is 9.33. The number of ketones is 1. The molecule has 0 N–H and O–H groups in total. The summed E-state index contributed by atoms with van der Waals surface area (Å²) in [6, 6.07) is 7.50. The van der Waals surface area contributed by atoms with E-state index in [9.17, 15) is 4.79 Å². The van der Waals surface area contributed by atoms with Gasteiger partial charge in [-0.3, -0.25) is 4.79 Å². The molecule has 2 nitrogen and oxygen atoms in total. The Hall–Kier alpha value is -1.75. The van der Waals surface area contributed by atoms with E-state index in [1.807, 2.05) is 24.3 Å². The number of Topliss-reactive ketones (excluding diaryl/α,β-unsaturated/α-hetero) is 1. The molecule has 0 atom stereocenters. The zero-order valence-electron chi connectivity index (χ0n) is 8.82. The van der Waals surface area contributed by atoms with Gasteiger partial charge in [-0.2, -0.15) is 0 Å². The fourth-order valence-corrected chi connectivity index (χ4v) is 1.22. The van der Waals surface area contributed by atoms with Gasteiger partial charge in [0.2, 0.25) is 0 Å². The van der Waals surface area contributed by atoms with Gasteiger partial charge in [-0.05, 0) is 24.6 Å². The average Bonchev–Trinajstić information content (AvgIpc) is 2.20. The number of ether oxygens (including phenoxy) is 1. The lowest BCUT2D eigenvalue weighted by Gasteiger charge is -2.04. The topological polar surface area (TPSA) is 26.3 Å². The predicted molar refractivity (Wildman–Crippen MR) is 59.8 cm³/mol. The molecule has 0 amide bonds. The molecule has 0 radical (unpaired) electrons. The Morgan fingerprint density at radius 3 is 2.60 bits per heavy atom. The minimum atomic E-state index is 0.163. The Morgan fingerprint density at radius 1 is 1.40 bits per heavy atom. The van der Waals surface area contributed by atoms with Crippen molar-refractivity contribution in [2.24, 2.45) is 0 Å². The van der Waals surface area contributed by atoms with Gasteiger partial charge in [0.1, 0.15) is 11.5 Å². The van der Waals surface area contributed by atoms with E-state index in [0.717, 1.165) is 11.3 Å². The largest absolute Gasteiger partial charge is 0.493 e. The van der Waals surface area contributed by atoms with Crippen molar-refractivity contribution in [3.05, 3.63) is 29.8 Å². The minimum Gasteiger partial charge on any atom is -0.493 e. The van der Waals surface area contributed by atoms with Crippen LogP contribution in [0.4, 0.5) is 0 Å². The summed E-state index contributed by atoms with van der Waals surface area (Å²) in [5.41, 5.74) is 1.01. The van der Waals surface area contributed by atoms with E-state index in [2.05, 4.69) is 5.92 Å². The van der Waals surface area contributed by atoms with Gasteiger partial charge in [0.05, 0.1) is 6.61 Å². The smallest absolute Gasteiger partial charge is 0.134 e. The monoisotopic (exact) mass is 202 g/mol. The Morgan fingerprint density at radius 2 is 2.07 bits per heavy atom. The molecule has 0 spiro atoms. The second kappa shape index (κ2) is 5.87. The summed E-state index contributed by atoms with van der Waals surface area (Å²) in [6.45, 7) is 2.11. The second-order valence-corrected chi connectivity index (χ2v) is 3.33. The van der Waals surface area contributed by atoms with Gasteiger partial charge < -0.3 is 4.74 Å². The number of carbonyl (C=O) groups is 1. The highest BCUT2D eigenvalue weighted by molar-refractivity contribution is 5.78. The van der Waals surface area contributed by atoms with Crippen LogP contribution in [0.25, 0.3) is 0 Å². The highest BCUT2D eigenvalue weighted by atomic mass is 16.5. The van der Waals surface area contributed by atoms with E-state index in [1.54, 1.807) is 6.92 Å². The Balaban J connectivity index is 2.49. The fraction of sp³-hybridized carbons (Fsp3) is 0.308. The van der Waals surface area contributed by atoms with Crippen LogP contribution in [0.3, 0.4) is 0 Å². The van der Waals surface area contributed by atoms with E-state index < -0.39 is 0 Å². The molecule has 0 saturated carbocycles. The maximum absolute atomic E-state index is 10.9. The average molecular weight is 202 g/mol. The van der Waals surface area contributed by atoms with Gasteiger partial charge in [0.15, 0.2) is 0 Å².